The van der Waals surface area contributed by atoms with Gasteiger partial charge in [-0.1, -0.05) is 40.9 Å². The highest BCUT2D eigenvalue weighted by Crippen LogP contribution is 2.38. The minimum absolute atomic E-state index is 0.159. The number of anilines is 1. The van der Waals surface area contributed by atoms with Crippen molar-refractivity contribution in [2.75, 3.05) is 18.5 Å². The molecule has 0 heterocycles. The molecule has 3 aromatic rings. The zero-order valence-corrected chi connectivity index (χ0v) is 22.8. The molecule has 0 spiro atoms. The Balaban J connectivity index is 1.79. The molecule has 1 N–H and O–H groups in total. The third-order valence-corrected chi connectivity index (χ3v) is 6.05. The van der Waals surface area contributed by atoms with Gasteiger partial charge >= 0.3 is 5.97 Å². The average Bonchev–Trinajstić information content (AvgIpc) is 2.89. The molecule has 0 bridgehead atoms. The normalized spacial score (nSPS) is 10.9. The van der Waals surface area contributed by atoms with Crippen molar-refractivity contribution >= 4 is 58.4 Å². The minimum atomic E-state index is -0.634. The van der Waals surface area contributed by atoms with E-state index in [9.17, 15) is 14.9 Å². The lowest BCUT2D eigenvalue weighted by molar-refractivity contribution is -0.112. The molecule has 0 aliphatic carbocycles. The summed E-state index contributed by atoms with van der Waals surface area (Å²) in [5.41, 5.74) is 1.83. The van der Waals surface area contributed by atoms with Crippen LogP contribution in [0, 0.1) is 11.3 Å². The summed E-state index contributed by atoms with van der Waals surface area (Å²) in [5, 5.41) is 13.3. The number of ether oxygens (including phenoxy) is 3. The fraction of sp³-hybridized carbons (Fsp3) is 0.179. The Hall–Kier alpha value is -3.70. The van der Waals surface area contributed by atoms with Gasteiger partial charge in [0, 0.05) is 5.69 Å². The summed E-state index contributed by atoms with van der Waals surface area (Å²) in [6.45, 7) is 4.27. The molecule has 0 atom stereocenters. The van der Waals surface area contributed by atoms with Crippen molar-refractivity contribution in [3.8, 4) is 17.6 Å². The predicted octanol–water partition coefficient (Wildman–Crippen LogP) is 7.35. The second-order valence-electron chi connectivity index (χ2n) is 7.72. The third kappa shape index (κ3) is 7.65. The van der Waals surface area contributed by atoms with Gasteiger partial charge in [0.25, 0.3) is 5.91 Å². The van der Waals surface area contributed by atoms with Gasteiger partial charge in [0.2, 0.25) is 0 Å². The van der Waals surface area contributed by atoms with Gasteiger partial charge in [0.15, 0.2) is 11.5 Å². The van der Waals surface area contributed by atoms with Gasteiger partial charge in [-0.2, -0.15) is 5.26 Å². The molecule has 0 aromatic heterocycles. The Kier molecular flexibility index (Phi) is 10.4. The summed E-state index contributed by atoms with van der Waals surface area (Å²) >= 11 is 18.5. The first kappa shape index (κ1) is 28.9. The molecular weight excluding hydrogens is 551 g/mol. The quantitative estimate of drug-likeness (QED) is 0.155. The maximum absolute atomic E-state index is 12.7. The number of nitrogens with zero attached hydrogens (tertiary/aromatic N) is 1. The van der Waals surface area contributed by atoms with Gasteiger partial charge in [-0.25, -0.2) is 4.79 Å². The van der Waals surface area contributed by atoms with E-state index >= 15 is 0 Å². The average molecular weight is 574 g/mol. The Bertz CT molecular complexity index is 1400. The maximum atomic E-state index is 12.7. The first-order valence-corrected chi connectivity index (χ1v) is 12.6. The lowest BCUT2D eigenvalue weighted by Gasteiger charge is -2.15. The molecule has 7 nitrogen and oxygen atoms in total. The van der Waals surface area contributed by atoms with Crippen LogP contribution in [0.15, 0.2) is 60.2 Å². The second-order valence-corrected chi connectivity index (χ2v) is 8.94. The lowest BCUT2D eigenvalue weighted by atomic mass is 10.1. The number of nitrogens with one attached hydrogen (secondary N) is 1. The van der Waals surface area contributed by atoms with E-state index in [1.807, 2.05) is 6.07 Å². The van der Waals surface area contributed by atoms with E-state index in [-0.39, 0.29) is 23.8 Å². The van der Waals surface area contributed by atoms with Crippen LogP contribution in [0.5, 0.6) is 11.5 Å². The highest BCUT2D eigenvalue weighted by atomic mass is 35.5. The van der Waals surface area contributed by atoms with Crippen LogP contribution >= 0.6 is 34.8 Å². The summed E-state index contributed by atoms with van der Waals surface area (Å²) in [7, 11) is 0. The van der Waals surface area contributed by atoms with Gasteiger partial charge in [0.05, 0.1) is 33.8 Å². The van der Waals surface area contributed by atoms with Crippen molar-refractivity contribution in [2.45, 2.75) is 20.5 Å². The molecule has 38 heavy (non-hydrogen) atoms. The number of carbonyl (C=O) groups excluding carboxylic acids is 2. The lowest BCUT2D eigenvalue weighted by Crippen LogP contribution is -2.13. The van der Waals surface area contributed by atoms with Crippen molar-refractivity contribution in [3.63, 3.8) is 0 Å². The first-order valence-electron chi connectivity index (χ1n) is 11.5. The number of hydrogen-bond acceptors (Lipinski definition) is 6. The molecular formula is C28H23Cl3N2O5. The molecule has 0 radical (unpaired) electrons. The second kappa shape index (κ2) is 13.7. The molecule has 0 saturated carbocycles. The van der Waals surface area contributed by atoms with E-state index in [2.05, 4.69) is 5.32 Å². The van der Waals surface area contributed by atoms with E-state index in [4.69, 9.17) is 49.0 Å². The van der Waals surface area contributed by atoms with E-state index in [0.717, 1.165) is 5.56 Å². The Morgan fingerprint density at radius 1 is 0.921 bits per heavy atom. The first-order chi connectivity index (χ1) is 18.2. The highest BCUT2D eigenvalue weighted by molar-refractivity contribution is 6.42. The summed E-state index contributed by atoms with van der Waals surface area (Å²) in [6, 6.07) is 16.4. The number of halogens is 3. The molecule has 0 aliphatic rings. The van der Waals surface area contributed by atoms with Gasteiger partial charge in [-0.05, 0) is 79.6 Å². The van der Waals surface area contributed by atoms with E-state index < -0.39 is 11.9 Å². The third-order valence-electron chi connectivity index (χ3n) is 5.03. The van der Waals surface area contributed by atoms with Crippen molar-refractivity contribution in [1.29, 1.82) is 5.26 Å². The Morgan fingerprint density at radius 2 is 1.66 bits per heavy atom. The molecule has 196 valence electrons. The topological polar surface area (TPSA) is 97.7 Å². The van der Waals surface area contributed by atoms with Crippen LogP contribution in [0.25, 0.3) is 6.08 Å². The van der Waals surface area contributed by atoms with Gasteiger partial charge in [-0.3, -0.25) is 4.79 Å². The summed E-state index contributed by atoms with van der Waals surface area (Å²) in [6.07, 6.45) is 1.39. The van der Waals surface area contributed by atoms with Crippen LogP contribution in [0.2, 0.25) is 15.1 Å². The summed E-state index contributed by atoms with van der Waals surface area (Å²) < 4.78 is 16.5. The molecule has 1 amide bonds. The largest absolute Gasteiger partial charge is 0.490 e. The van der Waals surface area contributed by atoms with Gasteiger partial charge < -0.3 is 19.5 Å². The van der Waals surface area contributed by atoms with Crippen LogP contribution in [0.1, 0.15) is 35.3 Å². The standard InChI is InChI=1S/C28H23Cl3N2O5/c1-3-36-25-14-18(13-24(31)26(25)38-16-17-5-10-22(29)23(30)12-17)11-20(15-32)27(34)33-21-8-6-19(7-9-21)28(35)37-4-2/h5-14H,3-4,16H2,1-2H3,(H,33,34)/b20-11+. The number of amides is 1. The van der Waals surface area contributed by atoms with Crippen molar-refractivity contribution < 1.29 is 23.8 Å². The summed E-state index contributed by atoms with van der Waals surface area (Å²) in [5.74, 6) is -0.445. The number of benzene rings is 3. The molecule has 3 aromatic carbocycles. The summed E-state index contributed by atoms with van der Waals surface area (Å²) in [4.78, 5) is 24.5. The Labute approximate surface area is 235 Å². The van der Waals surface area contributed by atoms with Crippen LogP contribution in [-0.2, 0) is 16.1 Å². The molecule has 0 fully saturated rings. The predicted molar refractivity (Wildman–Crippen MR) is 148 cm³/mol. The molecule has 3 rings (SSSR count). The van der Waals surface area contributed by atoms with Crippen molar-refractivity contribution in [2.24, 2.45) is 0 Å². The zero-order valence-electron chi connectivity index (χ0n) is 20.5. The number of rotatable bonds is 10. The Morgan fingerprint density at radius 3 is 2.29 bits per heavy atom. The van der Waals surface area contributed by atoms with Gasteiger partial charge in [0.1, 0.15) is 18.2 Å². The highest BCUT2D eigenvalue weighted by Gasteiger charge is 2.16. The minimum Gasteiger partial charge on any atom is -0.490 e. The zero-order chi connectivity index (χ0) is 27.7. The molecule has 0 unspecified atom stereocenters. The van der Waals surface area contributed by atoms with E-state index in [0.29, 0.717) is 45.0 Å². The van der Waals surface area contributed by atoms with E-state index in [1.165, 1.54) is 18.2 Å². The van der Waals surface area contributed by atoms with Crippen LogP contribution in [0.3, 0.4) is 0 Å². The van der Waals surface area contributed by atoms with Crippen molar-refractivity contribution in [3.05, 3.63) is 91.9 Å². The van der Waals surface area contributed by atoms with Crippen molar-refractivity contribution in [1.82, 2.24) is 0 Å². The fourth-order valence-electron chi connectivity index (χ4n) is 3.28. The molecule has 0 saturated heterocycles. The number of nitriles is 1. The van der Waals surface area contributed by atoms with Crippen LogP contribution < -0.4 is 14.8 Å². The fourth-order valence-corrected chi connectivity index (χ4v) is 3.87. The van der Waals surface area contributed by atoms with E-state index in [1.54, 1.807) is 56.3 Å². The van der Waals surface area contributed by atoms with Gasteiger partial charge in [-0.15, -0.1) is 0 Å². The molecule has 0 aliphatic heterocycles. The monoisotopic (exact) mass is 572 g/mol. The SMILES string of the molecule is CCOC(=O)c1ccc(NC(=O)/C(C#N)=C/c2cc(Cl)c(OCc3ccc(Cl)c(Cl)c3)c(OCC)c2)cc1. The van der Waals surface area contributed by atoms with Crippen LogP contribution in [0.4, 0.5) is 5.69 Å². The maximum Gasteiger partial charge on any atom is 0.338 e. The smallest absolute Gasteiger partial charge is 0.338 e. The molecule has 10 heteroatoms. The van der Waals surface area contributed by atoms with Crippen LogP contribution in [-0.4, -0.2) is 25.1 Å². The number of hydrogen-bond donors (Lipinski definition) is 1. The number of esters is 1. The number of carbonyl (C=O) groups is 2.